The van der Waals surface area contributed by atoms with Crippen molar-refractivity contribution in [2.75, 3.05) is 13.2 Å². The van der Waals surface area contributed by atoms with E-state index in [1.807, 2.05) is 51.1 Å². The molecule has 2 aromatic rings. The lowest BCUT2D eigenvalue weighted by atomic mass is 10.1. The summed E-state index contributed by atoms with van der Waals surface area (Å²) in [4.78, 5) is 27.2. The first-order chi connectivity index (χ1) is 14.3. The number of ether oxygens (including phenoxy) is 1. The summed E-state index contributed by atoms with van der Waals surface area (Å²) < 4.78 is 5.69. The minimum Gasteiger partial charge on any atom is -0.484 e. The first-order valence-corrected chi connectivity index (χ1v) is 10.7. The second-order valence-electron chi connectivity index (χ2n) is 7.52. The molecule has 30 heavy (non-hydrogen) atoms. The fourth-order valence-electron chi connectivity index (χ4n) is 2.97. The highest BCUT2D eigenvalue weighted by Crippen LogP contribution is 2.21. The van der Waals surface area contributed by atoms with Gasteiger partial charge < -0.3 is 15.0 Å². The van der Waals surface area contributed by atoms with Crippen LogP contribution in [0.3, 0.4) is 0 Å². The van der Waals surface area contributed by atoms with E-state index >= 15 is 0 Å². The first-order valence-electron chi connectivity index (χ1n) is 10.3. The molecule has 0 fully saturated rings. The molecule has 0 aliphatic heterocycles. The van der Waals surface area contributed by atoms with E-state index in [9.17, 15) is 9.59 Å². The Morgan fingerprint density at radius 3 is 2.47 bits per heavy atom. The molecule has 162 valence electrons. The Bertz CT molecular complexity index is 842. The van der Waals surface area contributed by atoms with Crippen molar-refractivity contribution in [1.29, 1.82) is 0 Å². The van der Waals surface area contributed by atoms with Crippen LogP contribution in [0.15, 0.2) is 48.5 Å². The SMILES string of the molecule is CC[C@@H](C)NC(=O)[C@H](C)N(CCc1ccccc1)C(=O)COc1ccc(Cl)c(C)c1. The number of carbonyl (C=O) groups is 2. The number of halogens is 1. The number of rotatable bonds is 10. The van der Waals surface area contributed by atoms with Crippen LogP contribution in [0.5, 0.6) is 5.75 Å². The van der Waals surface area contributed by atoms with E-state index in [1.54, 1.807) is 30.0 Å². The van der Waals surface area contributed by atoms with Gasteiger partial charge in [0.05, 0.1) is 0 Å². The molecule has 0 aliphatic carbocycles. The van der Waals surface area contributed by atoms with Gasteiger partial charge in [-0.3, -0.25) is 9.59 Å². The third-order valence-electron chi connectivity index (χ3n) is 5.14. The number of aryl methyl sites for hydroxylation is 1. The van der Waals surface area contributed by atoms with E-state index < -0.39 is 6.04 Å². The first kappa shape index (κ1) is 23.7. The molecule has 2 amide bonds. The molecule has 0 aliphatic rings. The zero-order valence-corrected chi connectivity index (χ0v) is 18.9. The molecule has 0 bridgehead atoms. The molecule has 2 rings (SSSR count). The summed E-state index contributed by atoms with van der Waals surface area (Å²) in [6.45, 7) is 7.89. The van der Waals surface area contributed by atoms with Gasteiger partial charge in [0.15, 0.2) is 6.61 Å². The normalized spacial score (nSPS) is 12.7. The van der Waals surface area contributed by atoms with Crippen LogP contribution >= 0.6 is 11.6 Å². The molecule has 0 saturated carbocycles. The number of nitrogens with zero attached hydrogens (tertiary/aromatic N) is 1. The van der Waals surface area contributed by atoms with Crippen LogP contribution in [0.25, 0.3) is 0 Å². The zero-order valence-electron chi connectivity index (χ0n) is 18.2. The number of amides is 2. The summed E-state index contributed by atoms with van der Waals surface area (Å²) in [5, 5.41) is 3.61. The predicted molar refractivity (Wildman–Crippen MR) is 121 cm³/mol. The van der Waals surface area contributed by atoms with E-state index in [4.69, 9.17) is 16.3 Å². The van der Waals surface area contributed by atoms with Crippen molar-refractivity contribution in [2.24, 2.45) is 0 Å². The average Bonchev–Trinajstić information content (AvgIpc) is 2.75. The van der Waals surface area contributed by atoms with Gasteiger partial charge in [0.2, 0.25) is 5.91 Å². The Morgan fingerprint density at radius 1 is 1.13 bits per heavy atom. The summed E-state index contributed by atoms with van der Waals surface area (Å²) in [6.07, 6.45) is 1.49. The van der Waals surface area contributed by atoms with Gasteiger partial charge in [0.25, 0.3) is 5.91 Å². The molecule has 2 atom stereocenters. The minimum atomic E-state index is -0.592. The van der Waals surface area contributed by atoms with Gasteiger partial charge in [-0.05, 0) is 62.9 Å². The number of benzene rings is 2. The van der Waals surface area contributed by atoms with Crippen molar-refractivity contribution in [3.8, 4) is 5.75 Å². The van der Waals surface area contributed by atoms with E-state index in [-0.39, 0.29) is 24.5 Å². The topological polar surface area (TPSA) is 58.6 Å². The number of carbonyl (C=O) groups excluding carboxylic acids is 2. The Kier molecular flexibility index (Phi) is 9.18. The summed E-state index contributed by atoms with van der Waals surface area (Å²) >= 11 is 6.05. The Hall–Kier alpha value is -2.53. The Morgan fingerprint density at radius 2 is 1.83 bits per heavy atom. The molecule has 0 unspecified atom stereocenters. The van der Waals surface area contributed by atoms with Crippen molar-refractivity contribution in [3.05, 3.63) is 64.7 Å². The van der Waals surface area contributed by atoms with Crippen LogP contribution in [0.2, 0.25) is 5.02 Å². The van der Waals surface area contributed by atoms with Crippen LogP contribution in [0, 0.1) is 6.92 Å². The van der Waals surface area contributed by atoms with Crippen LogP contribution < -0.4 is 10.1 Å². The van der Waals surface area contributed by atoms with Gasteiger partial charge in [0.1, 0.15) is 11.8 Å². The molecule has 0 heterocycles. The Balaban J connectivity index is 2.08. The lowest BCUT2D eigenvalue weighted by Gasteiger charge is -2.29. The zero-order chi connectivity index (χ0) is 22.1. The highest BCUT2D eigenvalue weighted by molar-refractivity contribution is 6.31. The van der Waals surface area contributed by atoms with Gasteiger partial charge >= 0.3 is 0 Å². The molecule has 2 aromatic carbocycles. The van der Waals surface area contributed by atoms with Gasteiger partial charge in [-0.1, -0.05) is 48.9 Å². The maximum absolute atomic E-state index is 13.0. The van der Waals surface area contributed by atoms with Crippen LogP contribution in [-0.4, -0.2) is 41.9 Å². The fourth-order valence-corrected chi connectivity index (χ4v) is 3.09. The fraction of sp³-hybridized carbons (Fsp3) is 0.417. The highest BCUT2D eigenvalue weighted by Gasteiger charge is 2.26. The minimum absolute atomic E-state index is 0.0549. The lowest BCUT2D eigenvalue weighted by Crippen LogP contribution is -2.51. The average molecular weight is 431 g/mol. The maximum Gasteiger partial charge on any atom is 0.261 e. The van der Waals surface area contributed by atoms with Crippen LogP contribution in [0.4, 0.5) is 0 Å². The van der Waals surface area contributed by atoms with Gasteiger partial charge in [-0.25, -0.2) is 0 Å². The molecule has 0 radical (unpaired) electrons. The van der Waals surface area contributed by atoms with Gasteiger partial charge in [-0.15, -0.1) is 0 Å². The number of nitrogens with one attached hydrogen (secondary N) is 1. The second kappa shape index (κ2) is 11.6. The van der Waals surface area contributed by atoms with Crippen LogP contribution in [-0.2, 0) is 16.0 Å². The summed E-state index contributed by atoms with van der Waals surface area (Å²) in [7, 11) is 0. The van der Waals surface area contributed by atoms with Crippen molar-refractivity contribution in [1.82, 2.24) is 10.2 Å². The largest absolute Gasteiger partial charge is 0.484 e. The standard InChI is InChI=1S/C24H31ClN2O3/c1-5-18(3)26-24(29)19(4)27(14-13-20-9-7-6-8-10-20)23(28)16-30-21-11-12-22(25)17(2)15-21/h6-12,15,18-19H,5,13-14,16H2,1-4H3,(H,26,29)/t18-,19+/m1/s1. The molecule has 6 heteroatoms. The van der Waals surface area contributed by atoms with E-state index in [2.05, 4.69) is 5.32 Å². The van der Waals surface area contributed by atoms with Gasteiger partial charge in [-0.2, -0.15) is 0 Å². The maximum atomic E-state index is 13.0. The number of hydrogen-bond acceptors (Lipinski definition) is 3. The molecule has 0 spiro atoms. The third kappa shape index (κ3) is 7.06. The van der Waals surface area contributed by atoms with Crippen molar-refractivity contribution in [2.45, 2.75) is 52.6 Å². The van der Waals surface area contributed by atoms with Crippen molar-refractivity contribution >= 4 is 23.4 Å². The van der Waals surface area contributed by atoms with E-state index in [1.165, 1.54) is 0 Å². The predicted octanol–water partition coefficient (Wildman–Crippen LogP) is 4.40. The molecular formula is C24H31ClN2O3. The quantitative estimate of drug-likeness (QED) is 0.607. The van der Waals surface area contributed by atoms with E-state index in [0.717, 1.165) is 17.5 Å². The highest BCUT2D eigenvalue weighted by atomic mass is 35.5. The van der Waals surface area contributed by atoms with Gasteiger partial charge in [0, 0.05) is 17.6 Å². The van der Waals surface area contributed by atoms with Crippen molar-refractivity contribution in [3.63, 3.8) is 0 Å². The molecule has 0 aromatic heterocycles. The molecular weight excluding hydrogens is 400 g/mol. The molecule has 0 saturated heterocycles. The Labute approximate surface area is 184 Å². The molecule has 5 nitrogen and oxygen atoms in total. The lowest BCUT2D eigenvalue weighted by molar-refractivity contribution is -0.141. The summed E-state index contributed by atoms with van der Waals surface area (Å²) in [5.74, 6) is 0.184. The number of hydrogen-bond donors (Lipinski definition) is 1. The van der Waals surface area contributed by atoms with E-state index in [0.29, 0.717) is 23.7 Å². The second-order valence-corrected chi connectivity index (χ2v) is 7.92. The van der Waals surface area contributed by atoms with Crippen LogP contribution in [0.1, 0.15) is 38.3 Å². The summed E-state index contributed by atoms with van der Waals surface area (Å²) in [5.41, 5.74) is 1.99. The smallest absolute Gasteiger partial charge is 0.261 e. The van der Waals surface area contributed by atoms with Crippen molar-refractivity contribution < 1.29 is 14.3 Å². The monoisotopic (exact) mass is 430 g/mol. The summed E-state index contributed by atoms with van der Waals surface area (Å²) in [6, 6.07) is 14.6. The molecule has 1 N–H and O–H groups in total. The third-order valence-corrected chi connectivity index (χ3v) is 5.57.